The van der Waals surface area contributed by atoms with Crippen molar-refractivity contribution in [2.24, 2.45) is 5.41 Å². The summed E-state index contributed by atoms with van der Waals surface area (Å²) < 4.78 is 17.3. The van der Waals surface area contributed by atoms with Crippen LogP contribution in [0.4, 0.5) is 5.69 Å². The monoisotopic (exact) mass is 605 g/mol. The Bertz CT molecular complexity index is 1850. The van der Waals surface area contributed by atoms with Gasteiger partial charge in [-0.15, -0.1) is 0 Å². The van der Waals surface area contributed by atoms with Gasteiger partial charge in [0.05, 0.1) is 27.4 Å². The van der Waals surface area contributed by atoms with E-state index >= 15 is 0 Å². The molecule has 4 aromatic rings. The summed E-state index contributed by atoms with van der Waals surface area (Å²) in [6.07, 6.45) is 3.82. The summed E-state index contributed by atoms with van der Waals surface area (Å²) in [6.45, 7) is 0. The lowest BCUT2D eigenvalue weighted by atomic mass is 9.64. The highest BCUT2D eigenvalue weighted by Gasteiger charge is 2.72. The highest BCUT2D eigenvalue weighted by Crippen LogP contribution is 2.63. The van der Waals surface area contributed by atoms with Crippen molar-refractivity contribution >= 4 is 40.7 Å². The molecule has 0 N–H and O–H groups in total. The number of nitrogens with zero attached hydrogens (tertiary/aromatic N) is 1. The maximum absolute atomic E-state index is 14.9. The van der Waals surface area contributed by atoms with Gasteiger partial charge < -0.3 is 19.1 Å². The molecule has 1 saturated heterocycles. The standard InChI is InChI=1S/C36H28ClNO6/c1-42-27-18-17-25(32(43-2)33(27)44-3)29-30(31(39)21-12-15-22(37)16-13-21)38-26-11-7-4-8-20(26)14-19-28(38)36(29)34(40)23-9-5-6-10-24(23)35(36)41/h4-19,28-30H,1-3H3. The molecule has 0 saturated carbocycles. The third-order valence-corrected chi connectivity index (χ3v) is 9.43. The number of benzene rings is 4. The first kappa shape index (κ1) is 27.9. The minimum atomic E-state index is -1.69. The van der Waals surface area contributed by atoms with Crippen LogP contribution in [0.25, 0.3) is 6.08 Å². The highest BCUT2D eigenvalue weighted by atomic mass is 35.5. The quantitative estimate of drug-likeness (QED) is 0.179. The number of rotatable bonds is 6. The molecule has 1 spiro atoms. The average Bonchev–Trinajstić information content (AvgIpc) is 3.49. The van der Waals surface area contributed by atoms with Gasteiger partial charge in [0.1, 0.15) is 11.5 Å². The van der Waals surface area contributed by atoms with Crippen LogP contribution in [-0.4, -0.2) is 50.8 Å². The second kappa shape index (κ2) is 10.4. The van der Waals surface area contributed by atoms with Gasteiger partial charge in [-0.2, -0.15) is 0 Å². The van der Waals surface area contributed by atoms with Crippen LogP contribution in [0.1, 0.15) is 48.1 Å². The van der Waals surface area contributed by atoms with E-state index in [0.717, 1.165) is 11.3 Å². The molecule has 2 aliphatic heterocycles. The van der Waals surface area contributed by atoms with E-state index in [1.54, 1.807) is 60.7 Å². The zero-order valence-corrected chi connectivity index (χ0v) is 25.0. The minimum Gasteiger partial charge on any atom is -0.493 e. The maximum Gasteiger partial charge on any atom is 0.203 e. The summed E-state index contributed by atoms with van der Waals surface area (Å²) in [6, 6.07) is 23.0. The molecule has 7 nitrogen and oxygen atoms in total. The van der Waals surface area contributed by atoms with Gasteiger partial charge in [-0.25, -0.2) is 0 Å². The lowest BCUT2D eigenvalue weighted by molar-refractivity contribution is 0.0664. The van der Waals surface area contributed by atoms with Gasteiger partial charge in [0, 0.05) is 38.9 Å². The normalized spacial score (nSPS) is 20.7. The van der Waals surface area contributed by atoms with E-state index in [9.17, 15) is 14.4 Å². The minimum absolute atomic E-state index is 0.257. The van der Waals surface area contributed by atoms with Gasteiger partial charge in [-0.3, -0.25) is 14.4 Å². The number of Topliss-reactive ketones (excluding diaryl/α,β-unsaturated/α-hetero) is 3. The molecule has 1 aliphatic carbocycles. The Morgan fingerprint density at radius 2 is 1.41 bits per heavy atom. The number of carbonyl (C=O) groups is 3. The molecule has 220 valence electrons. The maximum atomic E-state index is 14.9. The molecule has 4 aromatic carbocycles. The zero-order valence-electron chi connectivity index (χ0n) is 24.2. The van der Waals surface area contributed by atoms with Crippen LogP contribution in [0.2, 0.25) is 5.02 Å². The zero-order chi connectivity index (χ0) is 30.7. The van der Waals surface area contributed by atoms with Crippen LogP contribution in [0, 0.1) is 5.41 Å². The Morgan fingerprint density at radius 3 is 2.05 bits per heavy atom. The molecule has 44 heavy (non-hydrogen) atoms. The summed E-state index contributed by atoms with van der Waals surface area (Å²) in [4.78, 5) is 46.6. The summed E-state index contributed by atoms with van der Waals surface area (Å²) in [5.41, 5.74) is 1.53. The molecule has 1 fully saturated rings. The number of carbonyl (C=O) groups excluding carboxylic acids is 3. The predicted molar refractivity (Wildman–Crippen MR) is 168 cm³/mol. The highest BCUT2D eigenvalue weighted by molar-refractivity contribution is 6.32. The number of anilines is 1. The molecule has 0 amide bonds. The number of hydrogen-bond donors (Lipinski definition) is 0. The first-order chi connectivity index (χ1) is 21.4. The molecule has 2 heterocycles. The van der Waals surface area contributed by atoms with Crippen LogP contribution in [0.3, 0.4) is 0 Å². The van der Waals surface area contributed by atoms with Crippen molar-refractivity contribution < 1.29 is 28.6 Å². The van der Waals surface area contributed by atoms with E-state index in [1.165, 1.54) is 21.3 Å². The second-order valence-corrected chi connectivity index (χ2v) is 11.5. The van der Waals surface area contributed by atoms with Crippen molar-refractivity contribution in [3.05, 3.63) is 124 Å². The first-order valence-electron chi connectivity index (χ1n) is 14.2. The van der Waals surface area contributed by atoms with Crippen molar-refractivity contribution in [2.45, 2.75) is 18.0 Å². The molecule has 0 bridgehead atoms. The number of para-hydroxylation sites is 1. The summed E-state index contributed by atoms with van der Waals surface area (Å²) in [7, 11) is 4.51. The molecule has 3 unspecified atom stereocenters. The molecule has 0 aromatic heterocycles. The van der Waals surface area contributed by atoms with Crippen molar-refractivity contribution in [3.8, 4) is 17.2 Å². The number of fused-ring (bicyclic) bond motifs is 5. The van der Waals surface area contributed by atoms with Gasteiger partial charge in [-0.1, -0.05) is 72.3 Å². The second-order valence-electron chi connectivity index (χ2n) is 11.1. The molecule has 0 radical (unpaired) electrons. The molecule has 3 aliphatic rings. The summed E-state index contributed by atoms with van der Waals surface area (Å²) in [5.74, 6) is -0.886. The molecule has 8 heteroatoms. The van der Waals surface area contributed by atoms with Crippen LogP contribution < -0.4 is 19.1 Å². The van der Waals surface area contributed by atoms with E-state index in [1.807, 2.05) is 41.3 Å². The van der Waals surface area contributed by atoms with E-state index in [2.05, 4.69) is 0 Å². The molecular formula is C36H28ClNO6. The first-order valence-corrected chi connectivity index (χ1v) is 14.6. The van der Waals surface area contributed by atoms with Crippen LogP contribution in [0.5, 0.6) is 17.2 Å². The number of halogens is 1. The topological polar surface area (TPSA) is 82.1 Å². The lowest BCUT2D eigenvalue weighted by Gasteiger charge is -2.37. The van der Waals surface area contributed by atoms with Gasteiger partial charge in [0.25, 0.3) is 0 Å². The van der Waals surface area contributed by atoms with Crippen molar-refractivity contribution in [1.29, 1.82) is 0 Å². The van der Waals surface area contributed by atoms with Gasteiger partial charge in [-0.05, 0) is 42.0 Å². The lowest BCUT2D eigenvalue weighted by Crippen LogP contribution is -2.48. The van der Waals surface area contributed by atoms with Gasteiger partial charge >= 0.3 is 0 Å². The Labute approximate surface area is 259 Å². The number of ether oxygens (including phenoxy) is 3. The molecule has 7 rings (SSSR count). The Balaban J connectivity index is 1.59. The van der Waals surface area contributed by atoms with Crippen molar-refractivity contribution in [3.63, 3.8) is 0 Å². The number of ketones is 3. The van der Waals surface area contributed by atoms with Crippen LogP contribution in [-0.2, 0) is 0 Å². The SMILES string of the molecule is COc1ccc(C2C(C(=O)c3ccc(Cl)cc3)N3c4ccccc4C=CC3C23C(=O)c2ccccc2C3=O)c(OC)c1OC. The fourth-order valence-corrected chi connectivity index (χ4v) is 7.54. The van der Waals surface area contributed by atoms with Gasteiger partial charge in [0.15, 0.2) is 28.8 Å². The third kappa shape index (κ3) is 3.65. The Hall–Kier alpha value is -4.88. The Kier molecular flexibility index (Phi) is 6.59. The van der Waals surface area contributed by atoms with Crippen molar-refractivity contribution in [1.82, 2.24) is 0 Å². The van der Waals surface area contributed by atoms with E-state index in [4.69, 9.17) is 25.8 Å². The number of methoxy groups -OCH3 is 3. The average molecular weight is 606 g/mol. The number of hydrogen-bond acceptors (Lipinski definition) is 7. The largest absolute Gasteiger partial charge is 0.493 e. The van der Waals surface area contributed by atoms with Crippen molar-refractivity contribution in [2.75, 3.05) is 26.2 Å². The Morgan fingerprint density at radius 1 is 0.773 bits per heavy atom. The predicted octanol–water partition coefficient (Wildman–Crippen LogP) is 6.68. The third-order valence-electron chi connectivity index (χ3n) is 9.18. The summed E-state index contributed by atoms with van der Waals surface area (Å²) in [5, 5.41) is 0.489. The fourth-order valence-electron chi connectivity index (χ4n) is 7.41. The van der Waals surface area contributed by atoms with E-state index < -0.39 is 23.4 Å². The van der Waals surface area contributed by atoms with Crippen LogP contribution in [0.15, 0.2) is 91.0 Å². The van der Waals surface area contributed by atoms with E-state index in [0.29, 0.717) is 44.5 Å². The fraction of sp³-hybridized carbons (Fsp3) is 0.194. The smallest absolute Gasteiger partial charge is 0.203 e. The van der Waals surface area contributed by atoms with E-state index in [-0.39, 0.29) is 17.3 Å². The van der Waals surface area contributed by atoms with Crippen LogP contribution >= 0.6 is 11.6 Å². The molecular weight excluding hydrogens is 578 g/mol. The molecule has 3 atom stereocenters. The summed E-state index contributed by atoms with van der Waals surface area (Å²) >= 11 is 6.21. The van der Waals surface area contributed by atoms with Gasteiger partial charge in [0.2, 0.25) is 5.75 Å².